The summed E-state index contributed by atoms with van der Waals surface area (Å²) in [6.07, 6.45) is -3.52. The van der Waals surface area contributed by atoms with Crippen LogP contribution in [0.4, 0.5) is 18.0 Å². The molecule has 0 bridgehead atoms. The Morgan fingerprint density at radius 2 is 2.21 bits per heavy atom. The summed E-state index contributed by atoms with van der Waals surface area (Å²) in [7, 11) is 0. The van der Waals surface area contributed by atoms with Gasteiger partial charge in [-0.05, 0) is 12.2 Å². The van der Waals surface area contributed by atoms with Gasteiger partial charge in [0, 0.05) is 11.8 Å². The normalized spacial score (nSPS) is 22.1. The van der Waals surface area contributed by atoms with E-state index < -0.39 is 18.8 Å². The first-order valence-electron chi connectivity index (χ1n) is 4.16. The topological polar surface area (TPSA) is 41.1 Å². The fourth-order valence-electron chi connectivity index (χ4n) is 1.07. The van der Waals surface area contributed by atoms with Crippen molar-refractivity contribution in [3.05, 3.63) is 0 Å². The Kier molecular flexibility index (Phi) is 3.91. The fourth-order valence-corrected chi connectivity index (χ4v) is 2.22. The van der Waals surface area contributed by atoms with Crippen LogP contribution in [0.1, 0.15) is 6.42 Å². The Labute approximate surface area is 83.8 Å². The number of nitrogens with one attached hydrogen (secondary N) is 2. The summed E-state index contributed by atoms with van der Waals surface area (Å²) in [5.41, 5.74) is 0. The summed E-state index contributed by atoms with van der Waals surface area (Å²) < 4.78 is 35.0. The van der Waals surface area contributed by atoms with E-state index in [0.29, 0.717) is 0 Å². The molecule has 0 aromatic heterocycles. The van der Waals surface area contributed by atoms with Crippen LogP contribution >= 0.6 is 11.8 Å². The number of carbonyl (C=O) groups excluding carboxylic acids is 1. The highest BCUT2D eigenvalue weighted by Crippen LogP contribution is 2.17. The van der Waals surface area contributed by atoms with Crippen molar-refractivity contribution in [3.8, 4) is 0 Å². The monoisotopic (exact) mass is 228 g/mol. The molecule has 1 heterocycles. The largest absolute Gasteiger partial charge is 0.405 e. The molecule has 1 rings (SSSR count). The van der Waals surface area contributed by atoms with Crippen molar-refractivity contribution in [2.75, 3.05) is 18.1 Å². The minimum absolute atomic E-state index is 0.00762. The molecule has 0 spiro atoms. The minimum Gasteiger partial charge on any atom is -0.335 e. The summed E-state index contributed by atoms with van der Waals surface area (Å²) in [5, 5.41) is 4.25. The highest BCUT2D eigenvalue weighted by molar-refractivity contribution is 7.99. The van der Waals surface area contributed by atoms with Gasteiger partial charge < -0.3 is 10.6 Å². The minimum atomic E-state index is -4.35. The van der Waals surface area contributed by atoms with Gasteiger partial charge >= 0.3 is 12.2 Å². The molecule has 1 atom stereocenters. The van der Waals surface area contributed by atoms with Gasteiger partial charge in [0.15, 0.2) is 0 Å². The number of hydrogen-bond donors (Lipinski definition) is 2. The average Bonchev–Trinajstić information content (AvgIpc) is 2.52. The van der Waals surface area contributed by atoms with E-state index in [1.54, 1.807) is 17.1 Å². The highest BCUT2D eigenvalue weighted by atomic mass is 32.2. The van der Waals surface area contributed by atoms with Gasteiger partial charge in [-0.25, -0.2) is 4.79 Å². The van der Waals surface area contributed by atoms with Crippen LogP contribution in [0.3, 0.4) is 0 Å². The van der Waals surface area contributed by atoms with Crippen LogP contribution < -0.4 is 10.6 Å². The molecule has 7 heteroatoms. The van der Waals surface area contributed by atoms with E-state index >= 15 is 0 Å². The fraction of sp³-hybridized carbons (Fsp3) is 0.857. The maximum atomic E-state index is 11.7. The summed E-state index contributed by atoms with van der Waals surface area (Å²) in [4.78, 5) is 10.9. The molecule has 14 heavy (non-hydrogen) atoms. The summed E-state index contributed by atoms with van der Waals surface area (Å²) in [5.74, 6) is 1.73. The molecular weight excluding hydrogens is 217 g/mol. The third-order valence-corrected chi connectivity index (χ3v) is 2.88. The highest BCUT2D eigenvalue weighted by Gasteiger charge is 2.28. The van der Waals surface area contributed by atoms with Gasteiger partial charge in [-0.15, -0.1) is 0 Å². The Hall–Kier alpha value is -0.590. The molecule has 3 nitrogen and oxygen atoms in total. The molecule has 1 fully saturated rings. The van der Waals surface area contributed by atoms with E-state index in [9.17, 15) is 18.0 Å². The molecule has 0 aliphatic carbocycles. The van der Waals surface area contributed by atoms with Crippen molar-refractivity contribution in [2.45, 2.75) is 18.6 Å². The molecule has 0 aromatic carbocycles. The van der Waals surface area contributed by atoms with Crippen LogP contribution in [0.5, 0.6) is 0 Å². The third-order valence-electron chi connectivity index (χ3n) is 1.71. The molecule has 2 amide bonds. The van der Waals surface area contributed by atoms with Gasteiger partial charge in [0.2, 0.25) is 0 Å². The molecule has 2 N–H and O–H groups in total. The molecule has 1 unspecified atom stereocenters. The number of rotatable bonds is 2. The van der Waals surface area contributed by atoms with E-state index in [2.05, 4.69) is 5.32 Å². The molecule has 1 saturated heterocycles. The number of amides is 2. The second kappa shape index (κ2) is 4.77. The second-order valence-corrected chi connectivity index (χ2v) is 4.15. The first-order chi connectivity index (χ1) is 6.47. The van der Waals surface area contributed by atoms with E-state index in [-0.39, 0.29) is 6.04 Å². The quantitative estimate of drug-likeness (QED) is 0.749. The summed E-state index contributed by atoms with van der Waals surface area (Å²) in [6, 6.07) is -0.733. The summed E-state index contributed by atoms with van der Waals surface area (Å²) >= 11 is 1.68. The lowest BCUT2D eigenvalue weighted by Gasteiger charge is -2.13. The predicted octanol–water partition coefficient (Wildman–Crippen LogP) is 1.35. The zero-order chi connectivity index (χ0) is 10.6. The standard InChI is InChI=1S/C7H11F3N2OS/c8-7(9,10)4-11-6(13)12-5-1-2-14-3-5/h5H,1-4H2,(H2,11,12,13). The number of thioether (sulfide) groups is 1. The van der Waals surface area contributed by atoms with Crippen molar-refractivity contribution in [1.82, 2.24) is 10.6 Å². The molecule has 0 aromatic rings. The Morgan fingerprint density at radius 3 is 2.71 bits per heavy atom. The van der Waals surface area contributed by atoms with Crippen LogP contribution in [0, 0.1) is 0 Å². The lowest BCUT2D eigenvalue weighted by Crippen LogP contribution is -2.45. The lowest BCUT2D eigenvalue weighted by atomic mass is 10.3. The maximum Gasteiger partial charge on any atom is 0.405 e. The van der Waals surface area contributed by atoms with Gasteiger partial charge in [0.25, 0.3) is 0 Å². The van der Waals surface area contributed by atoms with Crippen molar-refractivity contribution < 1.29 is 18.0 Å². The number of alkyl halides is 3. The Balaban J connectivity index is 2.15. The van der Waals surface area contributed by atoms with E-state index in [1.165, 1.54) is 0 Å². The van der Waals surface area contributed by atoms with Gasteiger partial charge in [0.05, 0.1) is 0 Å². The summed E-state index contributed by atoms with van der Waals surface area (Å²) in [6.45, 7) is -1.28. The number of urea groups is 1. The first kappa shape index (κ1) is 11.5. The number of halogens is 3. The van der Waals surface area contributed by atoms with E-state index in [0.717, 1.165) is 17.9 Å². The second-order valence-electron chi connectivity index (χ2n) is 3.00. The molecular formula is C7H11F3N2OS. The van der Waals surface area contributed by atoms with Gasteiger partial charge in [0.1, 0.15) is 6.54 Å². The maximum absolute atomic E-state index is 11.7. The SMILES string of the molecule is O=C(NCC(F)(F)F)NC1CCSC1. The van der Waals surface area contributed by atoms with Crippen LogP contribution in [0.25, 0.3) is 0 Å². The lowest BCUT2D eigenvalue weighted by molar-refractivity contribution is -0.122. The number of carbonyl (C=O) groups is 1. The van der Waals surface area contributed by atoms with Gasteiger partial charge in [-0.2, -0.15) is 24.9 Å². The molecule has 1 aliphatic heterocycles. The zero-order valence-corrected chi connectivity index (χ0v) is 8.17. The number of hydrogen-bond acceptors (Lipinski definition) is 2. The van der Waals surface area contributed by atoms with Crippen LogP contribution in [-0.2, 0) is 0 Å². The smallest absolute Gasteiger partial charge is 0.335 e. The zero-order valence-electron chi connectivity index (χ0n) is 7.36. The van der Waals surface area contributed by atoms with Crippen LogP contribution in [-0.4, -0.2) is 36.3 Å². The molecule has 0 radical (unpaired) electrons. The van der Waals surface area contributed by atoms with E-state index in [1.807, 2.05) is 0 Å². The van der Waals surface area contributed by atoms with Gasteiger partial charge in [-0.3, -0.25) is 0 Å². The molecule has 1 aliphatic rings. The van der Waals surface area contributed by atoms with Crippen molar-refractivity contribution >= 4 is 17.8 Å². The third kappa shape index (κ3) is 4.59. The molecule has 82 valence electrons. The van der Waals surface area contributed by atoms with Crippen molar-refractivity contribution in [3.63, 3.8) is 0 Å². The predicted molar refractivity (Wildman–Crippen MR) is 48.3 cm³/mol. The average molecular weight is 228 g/mol. The van der Waals surface area contributed by atoms with Crippen molar-refractivity contribution in [2.24, 2.45) is 0 Å². The molecule has 0 saturated carbocycles. The van der Waals surface area contributed by atoms with Crippen LogP contribution in [0.15, 0.2) is 0 Å². The van der Waals surface area contributed by atoms with Crippen molar-refractivity contribution in [1.29, 1.82) is 0 Å². The first-order valence-corrected chi connectivity index (χ1v) is 5.32. The van der Waals surface area contributed by atoms with Gasteiger partial charge in [-0.1, -0.05) is 0 Å². The Bertz CT molecular complexity index is 204. The van der Waals surface area contributed by atoms with Crippen LogP contribution in [0.2, 0.25) is 0 Å². The van der Waals surface area contributed by atoms with E-state index in [4.69, 9.17) is 0 Å². The Morgan fingerprint density at radius 1 is 1.50 bits per heavy atom.